The Morgan fingerprint density at radius 2 is 1.91 bits per heavy atom. The van der Waals surface area contributed by atoms with Gasteiger partial charge in [-0.1, -0.05) is 0 Å². The third kappa shape index (κ3) is 2.71. The highest BCUT2D eigenvalue weighted by Gasteiger charge is 2.54. The van der Waals surface area contributed by atoms with Gasteiger partial charge in [0.25, 0.3) is 0 Å². The first-order chi connectivity index (χ1) is 11.1. The Morgan fingerprint density at radius 3 is 2.43 bits per heavy atom. The van der Waals surface area contributed by atoms with Crippen LogP contribution in [0.5, 0.6) is 0 Å². The molecule has 0 radical (unpaired) electrons. The lowest BCUT2D eigenvalue weighted by Gasteiger charge is -2.55. The van der Waals surface area contributed by atoms with Crippen LogP contribution in [0.4, 0.5) is 0 Å². The van der Waals surface area contributed by atoms with Gasteiger partial charge in [0.2, 0.25) is 5.91 Å². The van der Waals surface area contributed by atoms with Gasteiger partial charge in [0.1, 0.15) is 0 Å². The molecule has 0 saturated heterocycles. The van der Waals surface area contributed by atoms with Gasteiger partial charge in [0.15, 0.2) is 0 Å². The predicted molar refractivity (Wildman–Crippen MR) is 88.6 cm³/mol. The van der Waals surface area contributed by atoms with Gasteiger partial charge in [-0.2, -0.15) is 0 Å². The van der Waals surface area contributed by atoms with Gasteiger partial charge < -0.3 is 15.0 Å². The largest absolute Gasteiger partial charge is 0.387 e. The molecule has 1 unspecified atom stereocenters. The van der Waals surface area contributed by atoms with Gasteiger partial charge in [0.05, 0.1) is 6.10 Å². The molecule has 0 aliphatic heterocycles. The minimum Gasteiger partial charge on any atom is -0.387 e. The number of rotatable bonds is 5. The number of nitrogens with one attached hydrogen (secondary N) is 1. The molecule has 4 bridgehead atoms. The molecule has 4 heteroatoms. The normalized spacial score (nSPS) is 36.2. The zero-order valence-electron chi connectivity index (χ0n) is 14.0. The van der Waals surface area contributed by atoms with E-state index in [1.165, 1.54) is 19.3 Å². The Bertz CT molecular complexity index is 557. The summed E-state index contributed by atoms with van der Waals surface area (Å²) >= 11 is 0. The number of carbonyl (C=O) groups excluding carboxylic acids is 1. The first-order valence-electron chi connectivity index (χ1n) is 9.13. The van der Waals surface area contributed by atoms with Crippen LogP contribution in [0.3, 0.4) is 0 Å². The van der Waals surface area contributed by atoms with Crippen molar-refractivity contribution in [1.29, 1.82) is 0 Å². The summed E-state index contributed by atoms with van der Waals surface area (Å²) in [6.45, 7) is 0.562. The first kappa shape index (κ1) is 15.3. The minimum atomic E-state index is -0.508. The summed E-state index contributed by atoms with van der Waals surface area (Å²) in [7, 11) is 1.94. The third-order valence-electron chi connectivity index (χ3n) is 6.55. The molecule has 4 saturated carbocycles. The van der Waals surface area contributed by atoms with Gasteiger partial charge in [-0.3, -0.25) is 4.79 Å². The molecule has 23 heavy (non-hydrogen) atoms. The smallest absolute Gasteiger partial charge is 0.226 e. The van der Waals surface area contributed by atoms with E-state index in [-0.39, 0.29) is 11.3 Å². The SMILES string of the molecule is Cn1cccc1C(O)CCNC(=O)C12CC3CC(CC(C3)C1)C2. The topological polar surface area (TPSA) is 54.3 Å². The van der Waals surface area contributed by atoms with Gasteiger partial charge in [-0.05, 0) is 74.8 Å². The number of carbonyl (C=O) groups is 1. The van der Waals surface area contributed by atoms with E-state index in [4.69, 9.17) is 0 Å². The predicted octanol–water partition coefficient (Wildman–Crippen LogP) is 2.78. The highest BCUT2D eigenvalue weighted by Crippen LogP contribution is 2.60. The van der Waals surface area contributed by atoms with Crippen LogP contribution >= 0.6 is 0 Å². The van der Waals surface area contributed by atoms with Crippen molar-refractivity contribution in [3.05, 3.63) is 24.0 Å². The summed E-state index contributed by atoms with van der Waals surface area (Å²) in [6.07, 6.45) is 9.40. The summed E-state index contributed by atoms with van der Waals surface area (Å²) in [5, 5.41) is 13.4. The molecular weight excluding hydrogens is 288 g/mol. The van der Waals surface area contributed by atoms with E-state index in [9.17, 15) is 9.90 Å². The number of aryl methyl sites for hydroxylation is 1. The van der Waals surface area contributed by atoms with E-state index in [1.54, 1.807) is 0 Å². The van der Waals surface area contributed by atoms with Crippen molar-refractivity contribution in [1.82, 2.24) is 9.88 Å². The van der Waals surface area contributed by atoms with E-state index in [0.29, 0.717) is 13.0 Å². The molecule has 4 aliphatic rings. The second-order valence-corrected chi connectivity index (χ2v) is 8.30. The van der Waals surface area contributed by atoms with Gasteiger partial charge in [-0.15, -0.1) is 0 Å². The fourth-order valence-corrected chi connectivity index (χ4v) is 5.87. The summed E-state index contributed by atoms with van der Waals surface area (Å²) in [5.41, 5.74) is 0.832. The molecule has 126 valence electrons. The molecule has 2 N–H and O–H groups in total. The Morgan fingerprint density at radius 1 is 1.30 bits per heavy atom. The molecule has 4 nitrogen and oxygen atoms in total. The maximum atomic E-state index is 12.8. The highest BCUT2D eigenvalue weighted by molar-refractivity contribution is 5.83. The zero-order chi connectivity index (χ0) is 16.0. The van der Waals surface area contributed by atoms with Crippen molar-refractivity contribution >= 4 is 5.91 Å². The number of hydrogen-bond donors (Lipinski definition) is 2. The van der Waals surface area contributed by atoms with Crippen LogP contribution in [0.15, 0.2) is 18.3 Å². The molecule has 1 aromatic rings. The average molecular weight is 316 g/mol. The molecule has 1 amide bonds. The molecule has 5 rings (SSSR count). The van der Waals surface area contributed by atoms with Gasteiger partial charge >= 0.3 is 0 Å². The van der Waals surface area contributed by atoms with Crippen molar-refractivity contribution in [2.24, 2.45) is 30.2 Å². The lowest BCUT2D eigenvalue weighted by atomic mass is 9.49. The van der Waals surface area contributed by atoms with Crippen LogP contribution in [0.2, 0.25) is 0 Å². The molecule has 0 spiro atoms. The van der Waals surface area contributed by atoms with Crippen LogP contribution in [0, 0.1) is 23.2 Å². The van der Waals surface area contributed by atoms with Crippen molar-refractivity contribution in [2.75, 3.05) is 6.54 Å². The van der Waals surface area contributed by atoms with E-state index in [1.807, 2.05) is 29.9 Å². The summed E-state index contributed by atoms with van der Waals surface area (Å²) in [6, 6.07) is 3.87. The Hall–Kier alpha value is -1.29. The summed E-state index contributed by atoms with van der Waals surface area (Å²) < 4.78 is 1.94. The lowest BCUT2D eigenvalue weighted by molar-refractivity contribution is -0.146. The zero-order valence-corrected chi connectivity index (χ0v) is 14.0. The summed E-state index contributed by atoms with van der Waals surface area (Å²) in [4.78, 5) is 12.8. The molecule has 1 heterocycles. The maximum Gasteiger partial charge on any atom is 0.226 e. The maximum absolute atomic E-state index is 12.8. The van der Waals surface area contributed by atoms with Crippen LogP contribution in [-0.4, -0.2) is 22.1 Å². The standard InChI is InChI=1S/C19H28N2O2/c1-21-6-2-3-16(21)17(22)4-5-20-18(23)19-10-13-7-14(11-19)9-15(8-13)12-19/h2-3,6,13-15,17,22H,4-5,7-12H2,1H3,(H,20,23). The monoisotopic (exact) mass is 316 g/mol. The molecular formula is C19H28N2O2. The van der Waals surface area contributed by atoms with Crippen LogP contribution in [0.25, 0.3) is 0 Å². The van der Waals surface area contributed by atoms with Crippen molar-refractivity contribution in [2.45, 2.75) is 51.0 Å². The summed E-state index contributed by atoms with van der Waals surface area (Å²) in [5.74, 6) is 2.64. The van der Waals surface area contributed by atoms with E-state index in [2.05, 4.69) is 5.32 Å². The second-order valence-electron chi connectivity index (χ2n) is 8.30. The third-order valence-corrected chi connectivity index (χ3v) is 6.55. The van der Waals surface area contributed by atoms with Crippen LogP contribution in [0.1, 0.15) is 56.7 Å². The van der Waals surface area contributed by atoms with Crippen LogP contribution < -0.4 is 5.32 Å². The van der Waals surface area contributed by atoms with E-state index >= 15 is 0 Å². The Labute approximate surface area is 138 Å². The highest BCUT2D eigenvalue weighted by atomic mass is 16.3. The molecule has 4 fully saturated rings. The van der Waals surface area contributed by atoms with E-state index < -0.39 is 6.10 Å². The molecule has 1 aromatic heterocycles. The van der Waals surface area contributed by atoms with Gasteiger partial charge in [-0.25, -0.2) is 0 Å². The number of nitrogens with zero attached hydrogens (tertiary/aromatic N) is 1. The first-order valence-corrected chi connectivity index (χ1v) is 9.13. The molecule has 4 aliphatic carbocycles. The second kappa shape index (κ2) is 5.66. The fourth-order valence-electron chi connectivity index (χ4n) is 5.87. The van der Waals surface area contributed by atoms with Crippen molar-refractivity contribution in [3.63, 3.8) is 0 Å². The quantitative estimate of drug-likeness (QED) is 0.877. The number of aromatic nitrogens is 1. The number of hydrogen-bond acceptors (Lipinski definition) is 2. The molecule has 1 atom stereocenters. The van der Waals surface area contributed by atoms with Crippen molar-refractivity contribution in [3.8, 4) is 0 Å². The Kier molecular flexibility index (Phi) is 3.75. The number of aliphatic hydroxyl groups excluding tert-OH is 1. The molecule has 0 aromatic carbocycles. The minimum absolute atomic E-state index is 0.0787. The average Bonchev–Trinajstić information content (AvgIpc) is 2.92. The Balaban J connectivity index is 1.33. The van der Waals surface area contributed by atoms with Crippen molar-refractivity contribution < 1.29 is 9.90 Å². The van der Waals surface area contributed by atoms with Gasteiger partial charge in [0, 0.05) is 30.9 Å². The number of aliphatic hydroxyl groups is 1. The lowest BCUT2D eigenvalue weighted by Crippen LogP contribution is -2.53. The fraction of sp³-hybridized carbons (Fsp3) is 0.737. The number of amides is 1. The van der Waals surface area contributed by atoms with E-state index in [0.717, 1.165) is 42.7 Å². The van der Waals surface area contributed by atoms with Crippen LogP contribution in [-0.2, 0) is 11.8 Å².